The van der Waals surface area contributed by atoms with E-state index in [2.05, 4.69) is 15.9 Å². The third-order valence-corrected chi connectivity index (χ3v) is 6.36. The minimum Gasteiger partial charge on any atom is -0.463 e. The summed E-state index contributed by atoms with van der Waals surface area (Å²) in [4.78, 5) is 28.2. The molecule has 2 aromatic carbocycles. The Morgan fingerprint density at radius 3 is 2.48 bits per heavy atom. The molecule has 2 aromatic rings. The summed E-state index contributed by atoms with van der Waals surface area (Å²) >= 11 is 9.54. The Kier molecular flexibility index (Phi) is 6.21. The number of hydrogen-bond donors (Lipinski definition) is 1. The van der Waals surface area contributed by atoms with Crippen LogP contribution in [0, 0.1) is 0 Å². The SMILES string of the molecule is CCOC(=O)C1=C(N)N(c2ccc(Br)cc2)C2=C(C(=O)CCC2)[C@@H]1c1ccc(Cl)cc1. The lowest BCUT2D eigenvalue weighted by molar-refractivity contribution is -0.138. The van der Waals surface area contributed by atoms with Gasteiger partial charge in [0.2, 0.25) is 0 Å². The van der Waals surface area contributed by atoms with Crippen LogP contribution in [0.5, 0.6) is 0 Å². The molecule has 0 saturated carbocycles. The van der Waals surface area contributed by atoms with Crippen molar-refractivity contribution < 1.29 is 14.3 Å². The van der Waals surface area contributed by atoms with Gasteiger partial charge in [-0.25, -0.2) is 4.79 Å². The summed E-state index contributed by atoms with van der Waals surface area (Å²) in [7, 11) is 0. The lowest BCUT2D eigenvalue weighted by atomic mass is 9.75. The first-order valence-corrected chi connectivity index (χ1v) is 11.3. The smallest absolute Gasteiger partial charge is 0.338 e. The summed E-state index contributed by atoms with van der Waals surface area (Å²) in [5.41, 5.74) is 9.95. The molecule has 0 aromatic heterocycles. The van der Waals surface area contributed by atoms with Crippen LogP contribution in [0.3, 0.4) is 0 Å². The number of Topliss-reactive ketones (excluding diaryl/α,β-unsaturated/α-hetero) is 1. The molecule has 1 heterocycles. The minimum atomic E-state index is -0.592. The summed E-state index contributed by atoms with van der Waals surface area (Å²) in [5.74, 6) is -0.801. The van der Waals surface area contributed by atoms with Gasteiger partial charge in [-0.2, -0.15) is 0 Å². The van der Waals surface area contributed by atoms with Crippen LogP contribution in [-0.2, 0) is 14.3 Å². The summed E-state index contributed by atoms with van der Waals surface area (Å²) in [6.07, 6.45) is 1.87. The molecule has 0 fully saturated rings. The normalized spacial score (nSPS) is 18.9. The van der Waals surface area contributed by atoms with Crippen molar-refractivity contribution >= 4 is 45.0 Å². The van der Waals surface area contributed by atoms with Crippen LogP contribution in [0.25, 0.3) is 0 Å². The monoisotopic (exact) mass is 500 g/mol. The predicted octanol–water partition coefficient (Wildman–Crippen LogP) is 5.45. The molecule has 0 spiro atoms. The molecule has 0 saturated heterocycles. The van der Waals surface area contributed by atoms with Crippen molar-refractivity contribution in [1.29, 1.82) is 0 Å². The van der Waals surface area contributed by atoms with E-state index in [1.165, 1.54) is 0 Å². The maximum absolute atomic E-state index is 13.2. The lowest BCUT2D eigenvalue weighted by Gasteiger charge is -2.40. The van der Waals surface area contributed by atoms with Gasteiger partial charge in [0.1, 0.15) is 5.82 Å². The van der Waals surface area contributed by atoms with Crippen molar-refractivity contribution in [3.05, 3.63) is 86.3 Å². The molecule has 2 N–H and O–H groups in total. The van der Waals surface area contributed by atoms with Gasteiger partial charge in [-0.15, -0.1) is 0 Å². The van der Waals surface area contributed by atoms with Gasteiger partial charge >= 0.3 is 5.97 Å². The summed E-state index contributed by atoms with van der Waals surface area (Å²) in [6, 6.07) is 14.8. The third-order valence-electron chi connectivity index (χ3n) is 5.58. The Hall–Kier alpha value is -2.57. The fourth-order valence-electron chi connectivity index (χ4n) is 4.27. The number of nitrogens with two attached hydrogens (primary N) is 1. The largest absolute Gasteiger partial charge is 0.463 e. The Labute approximate surface area is 194 Å². The summed E-state index contributed by atoms with van der Waals surface area (Å²) in [5, 5.41) is 0.579. The van der Waals surface area contributed by atoms with Crippen LogP contribution in [-0.4, -0.2) is 18.4 Å². The highest BCUT2D eigenvalue weighted by molar-refractivity contribution is 9.10. The molecule has 0 amide bonds. The molecule has 4 rings (SSSR count). The van der Waals surface area contributed by atoms with Crippen molar-refractivity contribution in [3.63, 3.8) is 0 Å². The molecule has 1 aliphatic carbocycles. The van der Waals surface area contributed by atoms with Crippen LogP contribution in [0.15, 0.2) is 75.7 Å². The van der Waals surface area contributed by atoms with E-state index in [1.54, 1.807) is 19.1 Å². The van der Waals surface area contributed by atoms with Crippen LogP contribution < -0.4 is 10.6 Å². The molecule has 1 aliphatic heterocycles. The zero-order valence-corrected chi connectivity index (χ0v) is 19.4. The number of halogens is 2. The van der Waals surface area contributed by atoms with E-state index in [-0.39, 0.29) is 23.8 Å². The van der Waals surface area contributed by atoms with Crippen LogP contribution in [0.4, 0.5) is 5.69 Å². The number of rotatable bonds is 4. The third kappa shape index (κ3) is 4.02. The molecular formula is C24H22BrClN2O3. The first kappa shape index (κ1) is 21.7. The Bertz CT molecular complexity index is 1090. The van der Waals surface area contributed by atoms with Crippen molar-refractivity contribution in [2.45, 2.75) is 32.1 Å². The molecule has 160 valence electrons. The number of carbonyl (C=O) groups excluding carboxylic acids is 2. The molecule has 2 aliphatic rings. The van der Waals surface area contributed by atoms with Gasteiger partial charge in [-0.05, 0) is 61.7 Å². The number of ether oxygens (including phenoxy) is 1. The second-order valence-corrected chi connectivity index (χ2v) is 8.80. The summed E-state index contributed by atoms with van der Waals surface area (Å²) < 4.78 is 6.30. The highest BCUT2D eigenvalue weighted by Gasteiger charge is 2.43. The number of ketones is 1. The molecule has 0 radical (unpaired) electrons. The quantitative estimate of drug-likeness (QED) is 0.564. The molecule has 5 nitrogen and oxygen atoms in total. The van der Waals surface area contributed by atoms with Crippen molar-refractivity contribution in [1.82, 2.24) is 0 Å². The zero-order valence-electron chi connectivity index (χ0n) is 17.0. The van der Waals surface area contributed by atoms with Gasteiger partial charge in [-0.3, -0.25) is 9.69 Å². The van der Waals surface area contributed by atoms with Crippen molar-refractivity contribution in [2.24, 2.45) is 5.73 Å². The number of allylic oxidation sites excluding steroid dienone is 2. The van der Waals surface area contributed by atoms with E-state index >= 15 is 0 Å². The first-order valence-electron chi connectivity index (χ1n) is 10.2. The maximum Gasteiger partial charge on any atom is 0.338 e. The van der Waals surface area contributed by atoms with E-state index in [0.717, 1.165) is 27.8 Å². The Balaban J connectivity index is 1.98. The number of esters is 1. The fraction of sp³-hybridized carbons (Fsp3) is 0.250. The van der Waals surface area contributed by atoms with Gasteiger partial charge in [0.25, 0.3) is 0 Å². The maximum atomic E-state index is 13.2. The molecule has 7 heteroatoms. The molecule has 0 bridgehead atoms. The van der Waals surface area contributed by atoms with Gasteiger partial charge < -0.3 is 10.5 Å². The average Bonchev–Trinajstić information content (AvgIpc) is 2.75. The summed E-state index contributed by atoms with van der Waals surface area (Å²) in [6.45, 7) is 1.96. The van der Waals surface area contributed by atoms with E-state index in [4.69, 9.17) is 22.1 Å². The average molecular weight is 502 g/mol. The highest BCUT2D eigenvalue weighted by atomic mass is 79.9. The zero-order chi connectivity index (χ0) is 22.1. The number of nitrogens with zero attached hydrogens (tertiary/aromatic N) is 1. The van der Waals surface area contributed by atoms with Crippen molar-refractivity contribution in [3.8, 4) is 0 Å². The molecule has 0 unspecified atom stereocenters. The number of anilines is 1. The Morgan fingerprint density at radius 1 is 1.16 bits per heavy atom. The molecular weight excluding hydrogens is 480 g/mol. The highest BCUT2D eigenvalue weighted by Crippen LogP contribution is 2.47. The van der Waals surface area contributed by atoms with Gasteiger partial charge in [0.15, 0.2) is 5.78 Å². The molecule has 1 atom stereocenters. The van der Waals surface area contributed by atoms with Gasteiger partial charge in [0.05, 0.1) is 18.1 Å². The van der Waals surface area contributed by atoms with Crippen LogP contribution in [0.1, 0.15) is 37.7 Å². The van der Waals surface area contributed by atoms with E-state index < -0.39 is 11.9 Å². The van der Waals surface area contributed by atoms with Gasteiger partial charge in [0, 0.05) is 32.9 Å². The van der Waals surface area contributed by atoms with Crippen LogP contribution >= 0.6 is 27.5 Å². The first-order chi connectivity index (χ1) is 14.9. The standard InChI is InChI=1S/C24H22BrClN2O3/c1-2-31-24(30)22-20(14-6-10-16(26)11-7-14)21-18(4-3-5-19(21)29)28(23(22)27)17-12-8-15(25)9-13-17/h6-13,20H,2-5,27H2,1H3/t20-/m0/s1. The topological polar surface area (TPSA) is 72.6 Å². The number of benzene rings is 2. The van der Waals surface area contributed by atoms with Crippen molar-refractivity contribution in [2.75, 3.05) is 11.5 Å². The van der Waals surface area contributed by atoms with E-state index in [9.17, 15) is 9.59 Å². The molecule has 31 heavy (non-hydrogen) atoms. The fourth-order valence-corrected chi connectivity index (χ4v) is 4.66. The van der Waals surface area contributed by atoms with E-state index in [0.29, 0.717) is 23.4 Å². The Morgan fingerprint density at radius 2 is 1.84 bits per heavy atom. The predicted molar refractivity (Wildman–Crippen MR) is 125 cm³/mol. The minimum absolute atomic E-state index is 0.0256. The van der Waals surface area contributed by atoms with E-state index in [1.807, 2.05) is 41.3 Å². The van der Waals surface area contributed by atoms with Crippen LogP contribution in [0.2, 0.25) is 5.02 Å². The van der Waals surface area contributed by atoms with Gasteiger partial charge in [-0.1, -0.05) is 39.7 Å². The number of carbonyl (C=O) groups is 2. The lowest BCUT2D eigenvalue weighted by Crippen LogP contribution is -2.41. The second kappa shape index (κ2) is 8.89. The number of hydrogen-bond acceptors (Lipinski definition) is 5. The second-order valence-electron chi connectivity index (χ2n) is 7.45.